The van der Waals surface area contributed by atoms with E-state index in [2.05, 4.69) is 20.8 Å². The average Bonchev–Trinajstić information content (AvgIpc) is 3.09. The maximum Gasteiger partial charge on any atom is 0.0779 e. The molecule has 0 unspecified atom stereocenters. The fourth-order valence-electron chi connectivity index (χ4n) is 7.00. The summed E-state index contributed by atoms with van der Waals surface area (Å²) in [6.45, 7) is 9.13. The molecule has 0 N–H and O–H groups in total. The lowest BCUT2D eigenvalue weighted by atomic mass is 10.0. The van der Waals surface area contributed by atoms with Gasteiger partial charge in [0.1, 0.15) is 0 Å². The zero-order valence-electron chi connectivity index (χ0n) is 39.1. The van der Waals surface area contributed by atoms with Gasteiger partial charge in [-0.3, -0.25) is 0 Å². The Labute approximate surface area is 342 Å². The molecule has 0 bridgehead atoms. The van der Waals surface area contributed by atoms with E-state index in [1.807, 2.05) is 0 Å². The highest BCUT2D eigenvalue weighted by Gasteiger charge is 2.03. The van der Waals surface area contributed by atoms with Gasteiger partial charge < -0.3 is 29.6 Å². The summed E-state index contributed by atoms with van der Waals surface area (Å²) >= 11 is 0. The molecule has 0 amide bonds. The fraction of sp³-hybridized carbons (Fsp3) is 1.00. The molecule has 0 aromatic carbocycles. The van der Waals surface area contributed by atoms with Gasteiger partial charge in [0.05, 0.1) is 61.9 Å². The lowest BCUT2D eigenvalue weighted by Crippen LogP contribution is -2.32. The predicted molar refractivity (Wildman–Crippen MR) is 244 cm³/mol. The van der Waals surface area contributed by atoms with Crippen molar-refractivity contribution < 1.29 is 13.9 Å². The third kappa shape index (κ3) is 66.6. The van der Waals surface area contributed by atoms with Crippen molar-refractivity contribution in [3.8, 4) is 0 Å². The van der Waals surface area contributed by atoms with Crippen LogP contribution in [-0.2, 0) is 0 Å². The monoisotopic (exact) mass is 772 g/mol. The zero-order chi connectivity index (χ0) is 41.1. The summed E-state index contributed by atoms with van der Waals surface area (Å²) in [5, 5.41) is 34.0. The molecule has 0 saturated heterocycles. The third-order valence-electron chi connectivity index (χ3n) is 10.7. The van der Waals surface area contributed by atoms with Crippen molar-refractivity contribution in [2.45, 2.75) is 252 Å². The molecule has 54 heavy (non-hydrogen) atoms. The van der Waals surface area contributed by atoms with Crippen LogP contribution in [0.15, 0.2) is 0 Å². The number of hydrogen-bond donors (Lipinski definition) is 0. The molecule has 0 aliphatic heterocycles. The minimum Gasteiger partial charge on any atom is -0.633 e. The Morgan fingerprint density at radius 2 is 0.315 bits per heavy atom. The van der Waals surface area contributed by atoms with E-state index in [1.165, 1.54) is 212 Å². The van der Waals surface area contributed by atoms with Crippen molar-refractivity contribution in [3.05, 3.63) is 15.6 Å². The second-order valence-corrected chi connectivity index (χ2v) is 18.6. The Balaban J connectivity index is -0.000000727. The van der Waals surface area contributed by atoms with Crippen LogP contribution < -0.4 is 0 Å². The summed E-state index contributed by atoms with van der Waals surface area (Å²) in [4.78, 5) is 0. The Kier molecular flexibility index (Phi) is 47.2. The first-order valence-corrected chi connectivity index (χ1v) is 24.3. The second kappa shape index (κ2) is 43.9. The average molecular weight is 772 g/mol. The number of rotatable bonds is 39. The van der Waals surface area contributed by atoms with E-state index in [-0.39, 0.29) is 13.9 Å². The normalized spacial score (nSPS) is 12.0. The molecule has 0 radical (unpaired) electrons. The van der Waals surface area contributed by atoms with Gasteiger partial charge >= 0.3 is 0 Å². The van der Waals surface area contributed by atoms with E-state index in [4.69, 9.17) is 0 Å². The minimum absolute atomic E-state index is 0.127. The van der Waals surface area contributed by atoms with Crippen molar-refractivity contribution in [3.63, 3.8) is 0 Å². The molecule has 0 aliphatic carbocycles. The van der Waals surface area contributed by atoms with Crippen molar-refractivity contribution >= 4 is 0 Å². The minimum atomic E-state index is -0.128. The van der Waals surface area contributed by atoms with Gasteiger partial charge in [-0.1, -0.05) is 213 Å². The van der Waals surface area contributed by atoms with Gasteiger partial charge in [0.15, 0.2) is 0 Å². The second-order valence-electron chi connectivity index (χ2n) is 18.6. The Bertz CT molecular complexity index is 670. The third-order valence-corrected chi connectivity index (χ3v) is 10.7. The molecule has 6 nitrogen and oxygen atoms in total. The van der Waals surface area contributed by atoms with Crippen LogP contribution in [0.2, 0.25) is 0 Å². The summed E-state index contributed by atoms with van der Waals surface area (Å²) in [5.74, 6) is 0. The lowest BCUT2D eigenvalue weighted by Gasteiger charge is -2.33. The largest absolute Gasteiger partial charge is 0.633 e. The molecule has 0 fully saturated rings. The van der Waals surface area contributed by atoms with Crippen LogP contribution in [0.4, 0.5) is 0 Å². The highest BCUT2D eigenvalue weighted by Crippen LogP contribution is 2.15. The van der Waals surface area contributed by atoms with E-state index < -0.39 is 0 Å². The van der Waals surface area contributed by atoms with Crippen molar-refractivity contribution in [1.29, 1.82) is 0 Å². The lowest BCUT2D eigenvalue weighted by molar-refractivity contribution is -0.840. The fourth-order valence-corrected chi connectivity index (χ4v) is 7.00. The predicted octanol–water partition coefficient (Wildman–Crippen LogP) is 15.8. The van der Waals surface area contributed by atoms with Crippen LogP contribution in [0.25, 0.3) is 0 Å². The molecule has 0 atom stereocenters. The van der Waals surface area contributed by atoms with E-state index in [0.29, 0.717) is 0 Å². The molecule has 0 aliphatic rings. The first kappa shape index (κ1) is 58.1. The first-order chi connectivity index (χ1) is 25.7. The van der Waals surface area contributed by atoms with Gasteiger partial charge in [0, 0.05) is 0 Å². The Morgan fingerprint density at radius 3 is 0.426 bits per heavy atom. The molecule has 0 heterocycles. The molecule has 0 rings (SSSR count). The quantitative estimate of drug-likeness (QED) is 0.0355. The van der Waals surface area contributed by atoms with Crippen molar-refractivity contribution in [2.24, 2.45) is 0 Å². The molecule has 6 heteroatoms. The number of unbranched alkanes of at least 4 members (excludes halogenated alkanes) is 33. The highest BCUT2D eigenvalue weighted by atomic mass is 16.5. The van der Waals surface area contributed by atoms with Gasteiger partial charge in [-0.05, 0) is 38.5 Å². The molecular formula is C48H105N3O3. The summed E-state index contributed by atoms with van der Waals surface area (Å²) in [6.07, 6.45) is 48.9. The molecule has 0 aromatic rings. The number of nitrogens with zero attached hydrogens (tertiary/aromatic N) is 3. The summed E-state index contributed by atoms with van der Waals surface area (Å²) in [6, 6.07) is 0. The molecule has 0 saturated carbocycles. The molecule has 330 valence electrons. The maximum atomic E-state index is 11.4. The number of quaternary nitrogens is 3. The summed E-state index contributed by atoms with van der Waals surface area (Å²) < 4.78 is -0.382. The van der Waals surface area contributed by atoms with E-state index >= 15 is 0 Å². The highest BCUT2D eigenvalue weighted by molar-refractivity contribution is 4.51. The SMILES string of the molecule is CCCCCCCCCCCCCCCC[N+](C)(C)[O-].CCCCCCCCCCCCCC[N+](C)(C)[O-].CCCCCCCCCCCC[N+](C)(C)[O-]. The Morgan fingerprint density at radius 1 is 0.204 bits per heavy atom. The number of hydrogen-bond acceptors (Lipinski definition) is 3. The van der Waals surface area contributed by atoms with Crippen LogP contribution in [-0.4, -0.2) is 75.9 Å². The number of hydroxylamine groups is 9. The zero-order valence-corrected chi connectivity index (χ0v) is 39.1. The van der Waals surface area contributed by atoms with Crippen LogP contribution >= 0.6 is 0 Å². The van der Waals surface area contributed by atoms with Crippen LogP contribution in [0.3, 0.4) is 0 Å². The molecular weight excluding hydrogens is 667 g/mol. The van der Waals surface area contributed by atoms with Crippen LogP contribution in [0.5, 0.6) is 0 Å². The Hall–Kier alpha value is -0.240. The van der Waals surface area contributed by atoms with Gasteiger partial charge in [-0.15, -0.1) is 0 Å². The molecule has 0 spiro atoms. The van der Waals surface area contributed by atoms with Crippen LogP contribution in [0.1, 0.15) is 252 Å². The smallest absolute Gasteiger partial charge is 0.0779 e. The maximum absolute atomic E-state index is 11.4. The summed E-state index contributed by atoms with van der Waals surface area (Å²) in [5.41, 5.74) is 0. The van der Waals surface area contributed by atoms with Crippen LogP contribution in [0, 0.1) is 15.6 Å². The standard InChI is InChI=1S/C18H39NO.C16H35NO.C14H31NO/c1-4-5-6-7-8-9-10-11-12-13-14-15-16-17-18-19(2,3)20;1-4-5-6-7-8-9-10-11-12-13-14-15-16-17(2,3)18;1-4-5-6-7-8-9-10-11-12-13-14-15(2,3)16/h4-18H2,1-3H3;4-16H2,1-3H3;4-14H2,1-3H3. The van der Waals surface area contributed by atoms with Gasteiger partial charge in [-0.25, -0.2) is 0 Å². The van der Waals surface area contributed by atoms with Crippen molar-refractivity contribution in [2.75, 3.05) is 61.9 Å². The van der Waals surface area contributed by atoms with Gasteiger partial charge in [-0.2, -0.15) is 0 Å². The van der Waals surface area contributed by atoms with Gasteiger partial charge in [0.2, 0.25) is 0 Å². The van der Waals surface area contributed by atoms with Gasteiger partial charge in [0.25, 0.3) is 0 Å². The van der Waals surface area contributed by atoms with E-state index in [0.717, 1.165) is 38.9 Å². The topological polar surface area (TPSA) is 69.2 Å². The summed E-state index contributed by atoms with van der Waals surface area (Å²) in [7, 11) is 10.4. The van der Waals surface area contributed by atoms with E-state index in [9.17, 15) is 15.6 Å². The first-order valence-electron chi connectivity index (χ1n) is 24.3. The molecule has 0 aromatic heterocycles. The van der Waals surface area contributed by atoms with Crippen molar-refractivity contribution in [1.82, 2.24) is 0 Å². The van der Waals surface area contributed by atoms with E-state index in [1.54, 1.807) is 42.3 Å².